The van der Waals surface area contributed by atoms with E-state index in [9.17, 15) is 9.59 Å². The van der Waals surface area contributed by atoms with Gasteiger partial charge in [0.1, 0.15) is 11.4 Å². The summed E-state index contributed by atoms with van der Waals surface area (Å²) in [5.74, 6) is 0.492. The van der Waals surface area contributed by atoms with Crippen molar-refractivity contribution >= 4 is 11.7 Å². The van der Waals surface area contributed by atoms with Crippen LogP contribution in [0.4, 0.5) is 0 Å². The van der Waals surface area contributed by atoms with Gasteiger partial charge in [-0.1, -0.05) is 0 Å². The van der Waals surface area contributed by atoms with Crippen molar-refractivity contribution in [1.82, 2.24) is 9.78 Å². The Kier molecular flexibility index (Phi) is 4.14. The lowest BCUT2D eigenvalue weighted by atomic mass is 9.92. The average Bonchev–Trinajstić information content (AvgIpc) is 2.93. The molecule has 0 saturated carbocycles. The molecular formula is C17H19N3O3. The van der Waals surface area contributed by atoms with Gasteiger partial charge < -0.3 is 10.5 Å². The Hall–Kier alpha value is -2.63. The normalized spacial score (nSPS) is 13.7. The maximum atomic E-state index is 12.4. The van der Waals surface area contributed by atoms with Gasteiger partial charge >= 0.3 is 0 Å². The third kappa shape index (κ3) is 2.97. The van der Waals surface area contributed by atoms with E-state index in [2.05, 4.69) is 5.10 Å². The third-order valence-electron chi connectivity index (χ3n) is 4.09. The lowest BCUT2D eigenvalue weighted by Gasteiger charge is -2.13. The lowest BCUT2D eigenvalue weighted by molar-refractivity contribution is -0.118. The van der Waals surface area contributed by atoms with Crippen LogP contribution in [-0.2, 0) is 17.8 Å². The summed E-state index contributed by atoms with van der Waals surface area (Å²) in [6.07, 6.45) is 2.36. The van der Waals surface area contributed by atoms with Gasteiger partial charge in [0.05, 0.1) is 19.2 Å². The zero-order valence-corrected chi connectivity index (χ0v) is 13.0. The summed E-state index contributed by atoms with van der Waals surface area (Å²) in [7, 11) is 1.61. The Labute approximate surface area is 134 Å². The number of primary amides is 1. The number of nitrogens with two attached hydrogens (primary N) is 1. The molecule has 2 N–H and O–H groups in total. The zero-order valence-electron chi connectivity index (χ0n) is 13.0. The van der Waals surface area contributed by atoms with E-state index in [4.69, 9.17) is 10.5 Å². The van der Waals surface area contributed by atoms with E-state index in [1.54, 1.807) is 11.8 Å². The molecule has 1 amide bonds. The largest absolute Gasteiger partial charge is 0.497 e. The standard InChI is InChI=1S/C17H19N3O3/c1-23-12-7-5-11(6-8-12)17-16-13(3-2-4-14(16)21)20(19-17)10-9-15(18)22/h5-8H,2-4,9-10H2,1H3,(H2,18,22). The van der Waals surface area contributed by atoms with E-state index in [1.165, 1.54) is 0 Å². The Morgan fingerprint density at radius 3 is 2.70 bits per heavy atom. The zero-order chi connectivity index (χ0) is 16.4. The van der Waals surface area contributed by atoms with Crippen molar-refractivity contribution in [2.75, 3.05) is 7.11 Å². The van der Waals surface area contributed by atoms with E-state index >= 15 is 0 Å². The van der Waals surface area contributed by atoms with Crippen LogP contribution >= 0.6 is 0 Å². The van der Waals surface area contributed by atoms with E-state index in [1.807, 2.05) is 24.3 Å². The van der Waals surface area contributed by atoms with E-state index in [-0.39, 0.29) is 18.1 Å². The number of methoxy groups -OCH3 is 1. The number of ketones is 1. The molecule has 0 radical (unpaired) electrons. The van der Waals surface area contributed by atoms with Gasteiger partial charge in [-0.25, -0.2) is 0 Å². The van der Waals surface area contributed by atoms with Gasteiger partial charge in [0, 0.05) is 24.1 Å². The van der Waals surface area contributed by atoms with Crippen molar-refractivity contribution < 1.29 is 14.3 Å². The molecule has 120 valence electrons. The quantitative estimate of drug-likeness (QED) is 0.914. The van der Waals surface area contributed by atoms with Gasteiger partial charge in [-0.05, 0) is 37.1 Å². The topological polar surface area (TPSA) is 87.2 Å². The smallest absolute Gasteiger partial charge is 0.219 e. The SMILES string of the molecule is COc1ccc(-c2nn(CCC(N)=O)c3c2C(=O)CCC3)cc1. The summed E-state index contributed by atoms with van der Waals surface area (Å²) in [6.45, 7) is 0.404. The Bertz CT molecular complexity index is 747. The molecule has 6 heteroatoms. The first-order valence-electron chi connectivity index (χ1n) is 7.65. The number of amides is 1. The summed E-state index contributed by atoms with van der Waals surface area (Å²) in [5.41, 5.74) is 8.38. The molecule has 1 aliphatic carbocycles. The van der Waals surface area contributed by atoms with Crippen LogP contribution in [0.25, 0.3) is 11.3 Å². The van der Waals surface area contributed by atoms with Crippen molar-refractivity contribution in [3.05, 3.63) is 35.5 Å². The number of hydrogen-bond acceptors (Lipinski definition) is 4. The van der Waals surface area contributed by atoms with Crippen molar-refractivity contribution in [3.8, 4) is 17.0 Å². The predicted octanol–water partition coefficient (Wildman–Crippen LogP) is 1.95. The second-order valence-electron chi connectivity index (χ2n) is 5.61. The molecule has 1 aromatic carbocycles. The third-order valence-corrected chi connectivity index (χ3v) is 4.09. The van der Waals surface area contributed by atoms with Gasteiger partial charge in [0.2, 0.25) is 5.91 Å². The molecule has 1 aliphatic rings. The number of carbonyl (C=O) groups excluding carboxylic acids is 2. The van der Waals surface area contributed by atoms with Crippen molar-refractivity contribution in [1.29, 1.82) is 0 Å². The first-order valence-corrected chi connectivity index (χ1v) is 7.65. The molecule has 1 heterocycles. The molecule has 1 aromatic heterocycles. The molecule has 6 nitrogen and oxygen atoms in total. The second kappa shape index (κ2) is 6.24. The molecule has 0 fully saturated rings. The first-order chi connectivity index (χ1) is 11.1. The molecule has 0 bridgehead atoms. The van der Waals surface area contributed by atoms with Gasteiger partial charge in [-0.2, -0.15) is 5.10 Å². The molecule has 0 saturated heterocycles. The minimum Gasteiger partial charge on any atom is -0.497 e. The number of hydrogen-bond donors (Lipinski definition) is 1. The van der Waals surface area contributed by atoms with Crippen LogP contribution < -0.4 is 10.5 Å². The first kappa shape index (κ1) is 15.3. The highest BCUT2D eigenvalue weighted by molar-refractivity contribution is 6.03. The van der Waals surface area contributed by atoms with Crippen LogP contribution in [0.2, 0.25) is 0 Å². The fraction of sp³-hybridized carbons (Fsp3) is 0.353. The maximum Gasteiger partial charge on any atom is 0.219 e. The number of aryl methyl sites for hydroxylation is 1. The molecule has 0 spiro atoms. The molecular weight excluding hydrogens is 294 g/mol. The number of ether oxygens (including phenoxy) is 1. The van der Waals surface area contributed by atoms with Gasteiger partial charge in [0.25, 0.3) is 0 Å². The van der Waals surface area contributed by atoms with Crippen molar-refractivity contribution in [2.24, 2.45) is 5.73 Å². The fourth-order valence-electron chi connectivity index (χ4n) is 2.94. The summed E-state index contributed by atoms with van der Waals surface area (Å²) in [6, 6.07) is 7.47. The highest BCUT2D eigenvalue weighted by Crippen LogP contribution is 2.32. The second-order valence-corrected chi connectivity index (χ2v) is 5.61. The summed E-state index contributed by atoms with van der Waals surface area (Å²) in [5, 5.41) is 4.59. The number of aromatic nitrogens is 2. The summed E-state index contributed by atoms with van der Waals surface area (Å²) < 4.78 is 6.93. The van der Waals surface area contributed by atoms with E-state index in [0.717, 1.165) is 29.8 Å². The van der Waals surface area contributed by atoms with Crippen LogP contribution in [0.15, 0.2) is 24.3 Å². The highest BCUT2D eigenvalue weighted by atomic mass is 16.5. The number of rotatable bonds is 5. The number of nitrogens with zero attached hydrogens (tertiary/aromatic N) is 2. The van der Waals surface area contributed by atoms with Crippen LogP contribution in [0.1, 0.15) is 35.3 Å². The van der Waals surface area contributed by atoms with E-state index in [0.29, 0.717) is 24.2 Å². The molecule has 0 aliphatic heterocycles. The molecule has 23 heavy (non-hydrogen) atoms. The number of fused-ring (bicyclic) bond motifs is 1. The van der Waals surface area contributed by atoms with Crippen LogP contribution in [-0.4, -0.2) is 28.6 Å². The van der Waals surface area contributed by atoms with Gasteiger partial charge in [-0.15, -0.1) is 0 Å². The Morgan fingerprint density at radius 2 is 2.04 bits per heavy atom. The monoisotopic (exact) mass is 313 g/mol. The summed E-state index contributed by atoms with van der Waals surface area (Å²) in [4.78, 5) is 23.4. The predicted molar refractivity (Wildman–Crippen MR) is 85.3 cm³/mol. The van der Waals surface area contributed by atoms with Crippen molar-refractivity contribution in [2.45, 2.75) is 32.2 Å². The van der Waals surface area contributed by atoms with Gasteiger partial charge in [-0.3, -0.25) is 14.3 Å². The van der Waals surface area contributed by atoms with Crippen LogP contribution in [0.5, 0.6) is 5.75 Å². The molecule has 2 aromatic rings. The number of carbonyl (C=O) groups is 2. The average molecular weight is 313 g/mol. The molecule has 0 atom stereocenters. The minimum absolute atomic E-state index is 0.113. The molecule has 0 unspecified atom stereocenters. The lowest BCUT2D eigenvalue weighted by Crippen LogP contribution is -2.18. The maximum absolute atomic E-state index is 12.4. The van der Waals surface area contributed by atoms with Gasteiger partial charge in [0.15, 0.2) is 5.78 Å². The van der Waals surface area contributed by atoms with E-state index < -0.39 is 0 Å². The Balaban J connectivity index is 2.04. The van der Waals surface area contributed by atoms with Crippen LogP contribution in [0, 0.1) is 0 Å². The minimum atomic E-state index is -0.373. The van der Waals surface area contributed by atoms with Crippen LogP contribution in [0.3, 0.4) is 0 Å². The highest BCUT2D eigenvalue weighted by Gasteiger charge is 2.27. The Morgan fingerprint density at radius 1 is 1.30 bits per heavy atom. The number of benzene rings is 1. The van der Waals surface area contributed by atoms with Crippen molar-refractivity contribution in [3.63, 3.8) is 0 Å². The fourth-order valence-corrected chi connectivity index (χ4v) is 2.94. The molecule has 3 rings (SSSR count). The number of Topliss-reactive ketones (excluding diaryl/α,β-unsaturated/α-hetero) is 1. The summed E-state index contributed by atoms with van der Waals surface area (Å²) >= 11 is 0.